The molecule has 1 aromatic carbocycles. The van der Waals surface area contributed by atoms with Crippen molar-refractivity contribution in [2.45, 2.75) is 13.0 Å². The maximum absolute atomic E-state index is 12.8. The van der Waals surface area contributed by atoms with Crippen molar-refractivity contribution in [3.63, 3.8) is 0 Å². The van der Waals surface area contributed by atoms with Crippen molar-refractivity contribution in [3.05, 3.63) is 35.4 Å². The summed E-state index contributed by atoms with van der Waals surface area (Å²) >= 11 is 0. The summed E-state index contributed by atoms with van der Waals surface area (Å²) in [5.41, 5.74) is 5.38. The molecule has 0 bridgehead atoms. The number of benzene rings is 1. The highest BCUT2D eigenvalue weighted by atomic mass is 19.2. The molecule has 5 heteroatoms. The molecule has 0 aliphatic rings. The Bertz CT molecular complexity index is 368. The largest absolute Gasteiger partial charge is 0.348 e. The smallest absolute Gasteiger partial charge is 0.251 e. The summed E-state index contributed by atoms with van der Waals surface area (Å²) in [5.74, 6) is -2.48. The van der Waals surface area contributed by atoms with E-state index in [4.69, 9.17) is 5.73 Å². The van der Waals surface area contributed by atoms with Crippen molar-refractivity contribution in [2.24, 2.45) is 5.73 Å². The van der Waals surface area contributed by atoms with Gasteiger partial charge in [-0.25, -0.2) is 8.78 Å². The first kappa shape index (κ1) is 11.6. The fourth-order valence-electron chi connectivity index (χ4n) is 1.00. The number of amides is 1. The molecule has 0 heterocycles. The van der Waals surface area contributed by atoms with Gasteiger partial charge in [0, 0.05) is 18.2 Å². The second-order valence-corrected chi connectivity index (χ2v) is 3.24. The van der Waals surface area contributed by atoms with E-state index in [2.05, 4.69) is 5.32 Å². The zero-order valence-electron chi connectivity index (χ0n) is 8.26. The van der Waals surface area contributed by atoms with E-state index in [1.807, 2.05) is 0 Å². The standard InChI is InChI=1S/C10H12F2N2O/c1-6(5-13)14-10(15)7-2-3-8(11)9(12)4-7/h2-4,6H,5,13H2,1H3,(H,14,15)/t6-/m1/s1. The Morgan fingerprint density at radius 3 is 2.67 bits per heavy atom. The van der Waals surface area contributed by atoms with Gasteiger partial charge in [-0.2, -0.15) is 0 Å². The van der Waals surface area contributed by atoms with E-state index in [0.29, 0.717) is 0 Å². The molecule has 0 aromatic heterocycles. The quantitative estimate of drug-likeness (QED) is 0.790. The lowest BCUT2D eigenvalue weighted by molar-refractivity contribution is 0.0940. The molecule has 1 rings (SSSR count). The predicted molar refractivity (Wildman–Crippen MR) is 52.3 cm³/mol. The number of nitrogens with two attached hydrogens (primary N) is 1. The Morgan fingerprint density at radius 2 is 2.13 bits per heavy atom. The lowest BCUT2D eigenvalue weighted by Gasteiger charge is -2.11. The molecule has 1 amide bonds. The van der Waals surface area contributed by atoms with Gasteiger partial charge in [-0.3, -0.25) is 4.79 Å². The van der Waals surface area contributed by atoms with Crippen LogP contribution in [0.2, 0.25) is 0 Å². The van der Waals surface area contributed by atoms with E-state index >= 15 is 0 Å². The number of halogens is 2. The van der Waals surface area contributed by atoms with Crippen molar-refractivity contribution in [3.8, 4) is 0 Å². The molecule has 3 nitrogen and oxygen atoms in total. The fraction of sp³-hybridized carbons (Fsp3) is 0.300. The van der Waals surface area contributed by atoms with Crippen LogP contribution < -0.4 is 11.1 Å². The topological polar surface area (TPSA) is 55.1 Å². The van der Waals surface area contributed by atoms with E-state index in [1.54, 1.807) is 6.92 Å². The molecule has 82 valence electrons. The van der Waals surface area contributed by atoms with Crippen LogP contribution in [0.25, 0.3) is 0 Å². The predicted octanol–water partition coefficient (Wildman–Crippen LogP) is 1.04. The van der Waals surface area contributed by atoms with Crippen LogP contribution in [0.4, 0.5) is 8.78 Å². The Kier molecular flexibility index (Phi) is 3.74. The molecule has 0 fully saturated rings. The van der Waals surface area contributed by atoms with Crippen LogP contribution in [0.5, 0.6) is 0 Å². The first-order chi connectivity index (χ1) is 7.04. The van der Waals surface area contributed by atoms with E-state index in [9.17, 15) is 13.6 Å². The molecule has 1 aromatic rings. The van der Waals surface area contributed by atoms with Crippen LogP contribution in [0.1, 0.15) is 17.3 Å². The summed E-state index contributed by atoms with van der Waals surface area (Å²) in [6.45, 7) is 2.01. The maximum Gasteiger partial charge on any atom is 0.251 e. The summed E-state index contributed by atoms with van der Waals surface area (Å²) < 4.78 is 25.3. The van der Waals surface area contributed by atoms with Gasteiger partial charge in [-0.05, 0) is 25.1 Å². The third-order valence-electron chi connectivity index (χ3n) is 1.91. The molecular weight excluding hydrogens is 202 g/mol. The third-order valence-corrected chi connectivity index (χ3v) is 1.91. The number of nitrogens with one attached hydrogen (secondary N) is 1. The maximum atomic E-state index is 12.8. The Labute approximate surface area is 86.3 Å². The van der Waals surface area contributed by atoms with Gasteiger partial charge in [0.2, 0.25) is 0 Å². The number of carbonyl (C=O) groups excluding carboxylic acids is 1. The molecule has 0 spiro atoms. The molecule has 1 atom stereocenters. The van der Waals surface area contributed by atoms with Gasteiger partial charge in [0.15, 0.2) is 11.6 Å². The number of rotatable bonds is 3. The normalized spacial score (nSPS) is 12.3. The summed E-state index contributed by atoms with van der Waals surface area (Å²) in [4.78, 5) is 11.4. The first-order valence-corrected chi connectivity index (χ1v) is 4.50. The zero-order chi connectivity index (χ0) is 11.4. The van der Waals surface area contributed by atoms with Crippen molar-refractivity contribution in [1.82, 2.24) is 5.32 Å². The number of hydrogen-bond acceptors (Lipinski definition) is 2. The van der Waals surface area contributed by atoms with Crippen molar-refractivity contribution >= 4 is 5.91 Å². The lowest BCUT2D eigenvalue weighted by Crippen LogP contribution is -2.37. The van der Waals surface area contributed by atoms with Crippen molar-refractivity contribution in [2.75, 3.05) is 6.54 Å². The summed E-state index contributed by atoms with van der Waals surface area (Å²) in [5, 5.41) is 2.54. The molecule has 3 N–H and O–H groups in total. The molecule has 0 aliphatic heterocycles. The van der Waals surface area contributed by atoms with Gasteiger partial charge in [-0.15, -0.1) is 0 Å². The van der Waals surface area contributed by atoms with Crippen molar-refractivity contribution in [1.29, 1.82) is 0 Å². The number of carbonyl (C=O) groups is 1. The molecule has 0 aliphatic carbocycles. The van der Waals surface area contributed by atoms with Gasteiger partial charge in [0.05, 0.1) is 0 Å². The van der Waals surface area contributed by atoms with E-state index in [-0.39, 0.29) is 18.2 Å². The summed E-state index contributed by atoms with van der Waals surface area (Å²) in [7, 11) is 0. The van der Waals surface area contributed by atoms with E-state index in [0.717, 1.165) is 12.1 Å². The molecule has 0 saturated heterocycles. The SMILES string of the molecule is C[C@H](CN)NC(=O)c1ccc(F)c(F)c1. The number of hydrogen-bond donors (Lipinski definition) is 2. The van der Waals surface area contributed by atoms with Crippen LogP contribution >= 0.6 is 0 Å². The summed E-state index contributed by atoms with van der Waals surface area (Å²) in [6, 6.07) is 2.79. The lowest BCUT2D eigenvalue weighted by atomic mass is 10.2. The highest BCUT2D eigenvalue weighted by Gasteiger charge is 2.11. The van der Waals surface area contributed by atoms with Gasteiger partial charge in [0.25, 0.3) is 5.91 Å². The highest BCUT2D eigenvalue weighted by molar-refractivity contribution is 5.94. The van der Waals surface area contributed by atoms with Crippen LogP contribution in [-0.2, 0) is 0 Å². The Morgan fingerprint density at radius 1 is 1.47 bits per heavy atom. The first-order valence-electron chi connectivity index (χ1n) is 4.50. The van der Waals surface area contributed by atoms with Crippen LogP contribution in [-0.4, -0.2) is 18.5 Å². The zero-order valence-corrected chi connectivity index (χ0v) is 8.26. The summed E-state index contributed by atoms with van der Waals surface area (Å²) in [6.07, 6.45) is 0. The molecule has 15 heavy (non-hydrogen) atoms. The average Bonchev–Trinajstić information content (AvgIpc) is 2.21. The van der Waals surface area contributed by atoms with Gasteiger partial charge < -0.3 is 11.1 Å². The molecule has 0 saturated carbocycles. The van der Waals surface area contributed by atoms with Gasteiger partial charge in [0.1, 0.15) is 0 Å². The second-order valence-electron chi connectivity index (χ2n) is 3.24. The van der Waals surface area contributed by atoms with Crippen LogP contribution in [0.3, 0.4) is 0 Å². The van der Waals surface area contributed by atoms with E-state index in [1.165, 1.54) is 6.07 Å². The van der Waals surface area contributed by atoms with Gasteiger partial charge >= 0.3 is 0 Å². The highest BCUT2D eigenvalue weighted by Crippen LogP contribution is 2.08. The molecule has 0 unspecified atom stereocenters. The minimum Gasteiger partial charge on any atom is -0.348 e. The monoisotopic (exact) mass is 214 g/mol. The minimum absolute atomic E-state index is 0.0780. The average molecular weight is 214 g/mol. The molecule has 0 radical (unpaired) electrons. The molecular formula is C10H12F2N2O. The van der Waals surface area contributed by atoms with Crippen LogP contribution in [0.15, 0.2) is 18.2 Å². The van der Waals surface area contributed by atoms with E-state index < -0.39 is 17.5 Å². The van der Waals surface area contributed by atoms with Crippen molar-refractivity contribution < 1.29 is 13.6 Å². The van der Waals surface area contributed by atoms with Gasteiger partial charge in [-0.1, -0.05) is 0 Å². The van der Waals surface area contributed by atoms with Crippen LogP contribution in [0, 0.1) is 11.6 Å². The fourth-order valence-corrected chi connectivity index (χ4v) is 1.00. The Balaban J connectivity index is 2.78. The Hall–Kier alpha value is -1.49. The third kappa shape index (κ3) is 2.99. The second kappa shape index (κ2) is 4.84. The minimum atomic E-state index is -1.04.